The lowest BCUT2D eigenvalue weighted by Crippen LogP contribution is -2.37. The third kappa shape index (κ3) is 4.66. The van der Waals surface area contributed by atoms with E-state index in [-0.39, 0.29) is 6.61 Å². The summed E-state index contributed by atoms with van der Waals surface area (Å²) in [5, 5.41) is 14.1. The zero-order valence-corrected chi connectivity index (χ0v) is 14.4. The number of aliphatic hydroxyl groups is 1. The molecule has 4 nitrogen and oxygen atoms in total. The minimum Gasteiger partial charge on any atom is -0.396 e. The summed E-state index contributed by atoms with van der Waals surface area (Å²) in [6.07, 6.45) is 7.55. The van der Waals surface area contributed by atoms with Gasteiger partial charge in [0.25, 0.3) is 0 Å². The van der Waals surface area contributed by atoms with Gasteiger partial charge in [-0.15, -0.1) is 11.3 Å². The van der Waals surface area contributed by atoms with Crippen molar-refractivity contribution in [2.75, 3.05) is 25.6 Å². The molecule has 1 aromatic heterocycles. The van der Waals surface area contributed by atoms with Crippen molar-refractivity contribution >= 4 is 16.5 Å². The molecular formula is C16H29N3OS. The van der Waals surface area contributed by atoms with Crippen LogP contribution < -0.4 is 10.2 Å². The predicted molar refractivity (Wildman–Crippen MR) is 90.1 cm³/mol. The highest BCUT2D eigenvalue weighted by atomic mass is 32.1. The Balaban J connectivity index is 1.94. The van der Waals surface area contributed by atoms with Gasteiger partial charge in [0.15, 0.2) is 5.13 Å². The average Bonchev–Trinajstić information content (AvgIpc) is 2.86. The van der Waals surface area contributed by atoms with Gasteiger partial charge in [-0.05, 0) is 32.1 Å². The molecule has 1 unspecified atom stereocenters. The van der Waals surface area contributed by atoms with Crippen LogP contribution in [0.2, 0.25) is 0 Å². The van der Waals surface area contributed by atoms with Crippen molar-refractivity contribution in [2.45, 2.75) is 58.0 Å². The SMILES string of the molecule is Cc1nc(N(C)C)sc1CNC(CCO)C1CCCCC1. The Kier molecular flexibility index (Phi) is 6.45. The molecule has 1 aromatic rings. The summed E-state index contributed by atoms with van der Waals surface area (Å²) in [6, 6.07) is 0.444. The second-order valence-electron chi connectivity index (χ2n) is 6.30. The molecule has 0 aliphatic heterocycles. The monoisotopic (exact) mass is 311 g/mol. The molecule has 1 saturated carbocycles. The Morgan fingerprint density at radius 3 is 2.62 bits per heavy atom. The molecule has 0 bridgehead atoms. The molecule has 0 saturated heterocycles. The molecule has 21 heavy (non-hydrogen) atoms. The number of nitrogens with zero attached hydrogens (tertiary/aromatic N) is 2. The maximum atomic E-state index is 9.34. The number of nitrogens with one attached hydrogen (secondary N) is 1. The highest BCUT2D eigenvalue weighted by molar-refractivity contribution is 7.15. The Labute approximate surface area is 132 Å². The van der Waals surface area contributed by atoms with Gasteiger partial charge in [0, 0.05) is 38.2 Å². The van der Waals surface area contributed by atoms with E-state index < -0.39 is 0 Å². The standard InChI is InChI=1S/C16H29N3OS/c1-12-15(21-16(18-12)19(2)3)11-17-14(9-10-20)13-7-5-4-6-8-13/h13-14,17,20H,4-11H2,1-3H3. The first-order chi connectivity index (χ1) is 10.1. The third-order valence-corrected chi connectivity index (χ3v) is 5.77. The zero-order valence-electron chi connectivity index (χ0n) is 13.6. The van der Waals surface area contributed by atoms with Crippen LogP contribution in [-0.4, -0.2) is 36.8 Å². The third-order valence-electron chi connectivity index (χ3n) is 4.45. The van der Waals surface area contributed by atoms with Gasteiger partial charge in [0.2, 0.25) is 0 Å². The molecular weight excluding hydrogens is 282 g/mol. The maximum Gasteiger partial charge on any atom is 0.185 e. The quantitative estimate of drug-likeness (QED) is 0.813. The van der Waals surface area contributed by atoms with Crippen LogP contribution in [0.15, 0.2) is 0 Å². The van der Waals surface area contributed by atoms with Crippen LogP contribution in [0.1, 0.15) is 49.1 Å². The molecule has 0 radical (unpaired) electrons. The van der Waals surface area contributed by atoms with Crippen molar-refractivity contribution in [3.63, 3.8) is 0 Å². The number of aliphatic hydroxyl groups excluding tert-OH is 1. The van der Waals surface area contributed by atoms with Gasteiger partial charge >= 0.3 is 0 Å². The molecule has 120 valence electrons. The molecule has 0 spiro atoms. The molecule has 5 heteroatoms. The zero-order chi connectivity index (χ0) is 15.2. The highest BCUT2D eigenvalue weighted by Crippen LogP contribution is 2.29. The smallest absolute Gasteiger partial charge is 0.185 e. The van der Waals surface area contributed by atoms with Crippen LogP contribution in [-0.2, 0) is 6.54 Å². The second kappa shape index (κ2) is 8.11. The van der Waals surface area contributed by atoms with E-state index in [1.165, 1.54) is 37.0 Å². The molecule has 0 aromatic carbocycles. The topological polar surface area (TPSA) is 48.4 Å². The number of aromatic nitrogens is 1. The number of anilines is 1. The first-order valence-corrected chi connectivity index (χ1v) is 8.91. The lowest BCUT2D eigenvalue weighted by Gasteiger charge is -2.30. The molecule has 2 rings (SSSR count). The Morgan fingerprint density at radius 1 is 1.33 bits per heavy atom. The number of rotatable bonds is 7. The second-order valence-corrected chi connectivity index (χ2v) is 7.36. The van der Waals surface area contributed by atoms with E-state index in [2.05, 4.69) is 22.1 Å². The molecule has 1 aliphatic rings. The lowest BCUT2D eigenvalue weighted by molar-refractivity contribution is 0.206. The number of hydrogen-bond acceptors (Lipinski definition) is 5. The fourth-order valence-electron chi connectivity index (χ4n) is 3.17. The molecule has 1 heterocycles. The first kappa shape index (κ1) is 16.7. The van der Waals surface area contributed by atoms with Crippen molar-refractivity contribution in [2.24, 2.45) is 5.92 Å². The van der Waals surface area contributed by atoms with Crippen molar-refractivity contribution in [3.05, 3.63) is 10.6 Å². The van der Waals surface area contributed by atoms with Gasteiger partial charge in [-0.2, -0.15) is 0 Å². The highest BCUT2D eigenvalue weighted by Gasteiger charge is 2.23. The van der Waals surface area contributed by atoms with E-state index in [1.807, 2.05) is 14.1 Å². The molecule has 1 fully saturated rings. The van der Waals surface area contributed by atoms with Crippen LogP contribution in [0, 0.1) is 12.8 Å². The van der Waals surface area contributed by atoms with Crippen molar-refractivity contribution in [3.8, 4) is 0 Å². The summed E-state index contributed by atoms with van der Waals surface area (Å²) in [5.74, 6) is 0.729. The van der Waals surface area contributed by atoms with E-state index in [9.17, 15) is 5.11 Å². The van der Waals surface area contributed by atoms with Crippen LogP contribution in [0.4, 0.5) is 5.13 Å². The van der Waals surface area contributed by atoms with Crippen molar-refractivity contribution in [1.82, 2.24) is 10.3 Å². The molecule has 1 aliphatic carbocycles. The fraction of sp³-hybridized carbons (Fsp3) is 0.812. The van der Waals surface area contributed by atoms with Gasteiger partial charge < -0.3 is 15.3 Å². The lowest BCUT2D eigenvalue weighted by atomic mass is 9.83. The van der Waals surface area contributed by atoms with E-state index in [0.29, 0.717) is 6.04 Å². The molecule has 1 atom stereocenters. The molecule has 0 amide bonds. The van der Waals surface area contributed by atoms with Gasteiger partial charge in [0.1, 0.15) is 0 Å². The van der Waals surface area contributed by atoms with E-state index in [4.69, 9.17) is 0 Å². The van der Waals surface area contributed by atoms with Crippen LogP contribution in [0.3, 0.4) is 0 Å². The number of hydrogen-bond donors (Lipinski definition) is 2. The summed E-state index contributed by atoms with van der Waals surface area (Å²) in [7, 11) is 4.07. The average molecular weight is 311 g/mol. The largest absolute Gasteiger partial charge is 0.396 e. The van der Waals surface area contributed by atoms with Gasteiger partial charge in [-0.1, -0.05) is 19.3 Å². The van der Waals surface area contributed by atoms with E-state index in [0.717, 1.165) is 29.7 Å². The predicted octanol–water partition coefficient (Wildman–Crippen LogP) is 2.94. The summed E-state index contributed by atoms with van der Waals surface area (Å²) < 4.78 is 0. The van der Waals surface area contributed by atoms with Gasteiger partial charge in [0.05, 0.1) is 5.69 Å². The van der Waals surface area contributed by atoms with Crippen molar-refractivity contribution in [1.29, 1.82) is 0 Å². The Morgan fingerprint density at radius 2 is 2.05 bits per heavy atom. The summed E-state index contributed by atoms with van der Waals surface area (Å²) in [5.41, 5.74) is 1.13. The fourth-order valence-corrected chi connectivity index (χ4v) is 4.11. The normalized spacial score (nSPS) is 17.9. The van der Waals surface area contributed by atoms with Crippen LogP contribution in [0.5, 0.6) is 0 Å². The minimum atomic E-state index is 0.277. The first-order valence-electron chi connectivity index (χ1n) is 8.09. The van der Waals surface area contributed by atoms with E-state index >= 15 is 0 Å². The number of aryl methyl sites for hydroxylation is 1. The van der Waals surface area contributed by atoms with Crippen LogP contribution in [0.25, 0.3) is 0 Å². The Bertz CT molecular complexity index is 427. The maximum absolute atomic E-state index is 9.34. The number of thiazole rings is 1. The van der Waals surface area contributed by atoms with Crippen LogP contribution >= 0.6 is 11.3 Å². The summed E-state index contributed by atoms with van der Waals surface area (Å²) >= 11 is 1.76. The minimum absolute atomic E-state index is 0.277. The summed E-state index contributed by atoms with van der Waals surface area (Å²) in [6.45, 7) is 3.24. The van der Waals surface area contributed by atoms with Gasteiger partial charge in [-0.25, -0.2) is 4.98 Å². The van der Waals surface area contributed by atoms with Crippen molar-refractivity contribution < 1.29 is 5.11 Å². The molecule has 2 N–H and O–H groups in total. The van der Waals surface area contributed by atoms with Gasteiger partial charge in [-0.3, -0.25) is 0 Å². The Hall–Kier alpha value is -0.650. The van der Waals surface area contributed by atoms with E-state index in [1.54, 1.807) is 11.3 Å². The summed E-state index contributed by atoms with van der Waals surface area (Å²) in [4.78, 5) is 7.98.